The molecule has 0 aliphatic rings. The van der Waals surface area contributed by atoms with Crippen molar-refractivity contribution in [1.29, 1.82) is 0 Å². The van der Waals surface area contributed by atoms with E-state index in [1.54, 1.807) is 30.3 Å². The molecule has 2 heterocycles. The molecule has 2 aromatic carbocycles. The number of rotatable bonds is 4. The van der Waals surface area contributed by atoms with Crippen LogP contribution in [0.15, 0.2) is 71.7 Å². The van der Waals surface area contributed by atoms with Crippen LogP contribution in [0.4, 0.5) is 19.0 Å². The van der Waals surface area contributed by atoms with Gasteiger partial charge < -0.3 is 5.32 Å². The predicted octanol–water partition coefficient (Wildman–Crippen LogP) is 4.20. The van der Waals surface area contributed by atoms with Crippen LogP contribution in [0, 0.1) is 0 Å². The Morgan fingerprint density at radius 3 is 2.50 bits per heavy atom. The Labute approximate surface area is 180 Å². The molecule has 4 aromatic rings. The third-order valence-corrected chi connectivity index (χ3v) is 4.95. The van der Waals surface area contributed by atoms with Crippen molar-refractivity contribution in [3.05, 3.63) is 88.3 Å². The van der Waals surface area contributed by atoms with E-state index in [9.17, 15) is 22.8 Å². The number of halogens is 3. The first kappa shape index (κ1) is 21.2. The van der Waals surface area contributed by atoms with Gasteiger partial charge in [-0.3, -0.25) is 14.2 Å². The van der Waals surface area contributed by atoms with Crippen LogP contribution in [0.2, 0.25) is 0 Å². The zero-order valence-electron chi connectivity index (χ0n) is 16.8. The van der Waals surface area contributed by atoms with Crippen LogP contribution in [-0.4, -0.2) is 20.4 Å². The number of alkyl halides is 3. The number of nitrogens with zero attached hydrogens (tertiary/aromatic N) is 3. The molecule has 4 rings (SSSR count). The zero-order chi connectivity index (χ0) is 22.9. The minimum atomic E-state index is -4.62. The van der Waals surface area contributed by atoms with Gasteiger partial charge in [0.25, 0.3) is 5.56 Å². The Bertz CT molecular complexity index is 1370. The number of pyridine rings is 1. The highest BCUT2D eigenvalue weighted by molar-refractivity contribution is 5.94. The van der Waals surface area contributed by atoms with Crippen molar-refractivity contribution in [2.75, 3.05) is 5.32 Å². The van der Waals surface area contributed by atoms with Crippen molar-refractivity contribution in [3.8, 4) is 11.4 Å². The van der Waals surface area contributed by atoms with E-state index in [0.717, 1.165) is 10.6 Å². The van der Waals surface area contributed by atoms with Crippen LogP contribution in [-0.2, 0) is 24.4 Å². The molecule has 0 radical (unpaired) electrons. The molecular formula is C23H17F3N4O2. The maximum Gasteiger partial charge on any atom is 0.417 e. The summed E-state index contributed by atoms with van der Waals surface area (Å²) in [5.74, 6) is -0.162. The molecule has 6 nitrogen and oxygen atoms in total. The van der Waals surface area contributed by atoms with Gasteiger partial charge in [-0.1, -0.05) is 36.4 Å². The van der Waals surface area contributed by atoms with E-state index in [4.69, 9.17) is 0 Å². The van der Waals surface area contributed by atoms with E-state index in [1.807, 2.05) is 0 Å². The lowest BCUT2D eigenvalue weighted by molar-refractivity contribution is -0.137. The molecule has 0 atom stereocenters. The van der Waals surface area contributed by atoms with Crippen LogP contribution in [0.1, 0.15) is 11.1 Å². The van der Waals surface area contributed by atoms with Crippen molar-refractivity contribution >= 4 is 22.6 Å². The van der Waals surface area contributed by atoms with Gasteiger partial charge in [0.1, 0.15) is 11.6 Å². The quantitative estimate of drug-likeness (QED) is 0.518. The Morgan fingerprint density at radius 2 is 1.78 bits per heavy atom. The minimum Gasteiger partial charge on any atom is -0.310 e. The lowest BCUT2D eigenvalue weighted by Crippen LogP contribution is -2.22. The number of amides is 1. The van der Waals surface area contributed by atoms with Gasteiger partial charge in [0.2, 0.25) is 5.91 Å². The van der Waals surface area contributed by atoms with Gasteiger partial charge in [0.05, 0.1) is 22.9 Å². The number of benzene rings is 2. The van der Waals surface area contributed by atoms with Crippen molar-refractivity contribution in [2.45, 2.75) is 12.6 Å². The van der Waals surface area contributed by atoms with E-state index >= 15 is 0 Å². The number of para-hydroxylation sites is 1. The number of hydrogen-bond acceptors (Lipinski definition) is 4. The number of anilines is 1. The Kier molecular flexibility index (Phi) is 5.48. The molecule has 0 spiro atoms. The van der Waals surface area contributed by atoms with E-state index < -0.39 is 23.2 Å². The largest absolute Gasteiger partial charge is 0.417 e. The molecule has 1 amide bonds. The van der Waals surface area contributed by atoms with Crippen LogP contribution >= 0.6 is 0 Å². The van der Waals surface area contributed by atoms with Crippen LogP contribution in [0.25, 0.3) is 22.3 Å². The third-order valence-electron chi connectivity index (χ3n) is 4.95. The molecule has 9 heteroatoms. The van der Waals surface area contributed by atoms with E-state index in [-0.39, 0.29) is 28.7 Å². The first-order chi connectivity index (χ1) is 15.3. The summed E-state index contributed by atoms with van der Waals surface area (Å²) in [5.41, 5.74) is -1.02. The maximum absolute atomic E-state index is 13.6. The summed E-state index contributed by atoms with van der Waals surface area (Å²) in [6, 6.07) is 14.8. The predicted molar refractivity (Wildman–Crippen MR) is 114 cm³/mol. The van der Waals surface area contributed by atoms with Gasteiger partial charge in [-0.05, 0) is 29.8 Å². The molecule has 0 saturated carbocycles. The first-order valence-corrected chi connectivity index (χ1v) is 9.62. The molecule has 0 unspecified atom stereocenters. The summed E-state index contributed by atoms with van der Waals surface area (Å²) >= 11 is 0. The van der Waals surface area contributed by atoms with E-state index in [0.29, 0.717) is 11.4 Å². The lowest BCUT2D eigenvalue weighted by atomic mass is 10.0. The molecule has 0 fully saturated rings. The minimum absolute atomic E-state index is 0.131. The first-order valence-electron chi connectivity index (χ1n) is 9.62. The van der Waals surface area contributed by atoms with Crippen molar-refractivity contribution in [1.82, 2.24) is 14.5 Å². The fourth-order valence-electron chi connectivity index (χ4n) is 3.46. The summed E-state index contributed by atoms with van der Waals surface area (Å²) in [7, 11) is 1.37. The summed E-state index contributed by atoms with van der Waals surface area (Å²) in [6.45, 7) is 0. The number of hydrogen-bond donors (Lipinski definition) is 1. The maximum atomic E-state index is 13.6. The Hall–Kier alpha value is -4.01. The topological polar surface area (TPSA) is 76.9 Å². The second-order valence-corrected chi connectivity index (χ2v) is 7.10. The Balaban J connectivity index is 1.82. The van der Waals surface area contributed by atoms with Gasteiger partial charge in [-0.15, -0.1) is 0 Å². The van der Waals surface area contributed by atoms with Crippen molar-refractivity contribution in [2.24, 2.45) is 7.05 Å². The van der Waals surface area contributed by atoms with Crippen molar-refractivity contribution < 1.29 is 18.0 Å². The molecule has 32 heavy (non-hydrogen) atoms. The third kappa shape index (κ3) is 4.09. The molecule has 2 aromatic heterocycles. The highest BCUT2D eigenvalue weighted by Crippen LogP contribution is 2.36. The summed E-state index contributed by atoms with van der Waals surface area (Å²) in [5, 5.41) is 2.86. The number of carbonyl (C=O) groups is 1. The number of nitrogens with one attached hydrogen (secondary N) is 1. The molecule has 0 aliphatic heterocycles. The van der Waals surface area contributed by atoms with E-state index in [1.165, 1.54) is 37.5 Å². The number of aromatic nitrogens is 3. The highest BCUT2D eigenvalue weighted by Gasteiger charge is 2.34. The lowest BCUT2D eigenvalue weighted by Gasteiger charge is -2.16. The standard InChI is InChI=1S/C23H17F3N4O2/c1-30-21(15-8-2-3-10-17(15)23(24,25)26)29-20-14(7-6-9-16(20)22(30)32)13-19(31)28-18-11-4-5-12-27-18/h2-12H,13H2,1H3,(H,27,28,31). The molecule has 1 N–H and O–H groups in total. The average molecular weight is 438 g/mol. The Morgan fingerprint density at radius 1 is 1.03 bits per heavy atom. The second-order valence-electron chi connectivity index (χ2n) is 7.10. The van der Waals surface area contributed by atoms with Gasteiger partial charge in [0, 0.05) is 18.8 Å². The fourth-order valence-corrected chi connectivity index (χ4v) is 3.46. The fraction of sp³-hybridized carbons (Fsp3) is 0.130. The summed E-state index contributed by atoms with van der Waals surface area (Å²) in [4.78, 5) is 33.9. The molecular weight excluding hydrogens is 421 g/mol. The van der Waals surface area contributed by atoms with Gasteiger partial charge in [0.15, 0.2) is 0 Å². The monoisotopic (exact) mass is 438 g/mol. The molecule has 0 saturated heterocycles. The smallest absolute Gasteiger partial charge is 0.310 e. The van der Waals surface area contributed by atoms with E-state index in [2.05, 4.69) is 15.3 Å². The molecule has 162 valence electrons. The highest BCUT2D eigenvalue weighted by atomic mass is 19.4. The SMILES string of the molecule is Cn1c(-c2ccccc2C(F)(F)F)nc2c(CC(=O)Nc3ccccn3)cccc2c1=O. The van der Waals surface area contributed by atoms with Crippen molar-refractivity contribution in [3.63, 3.8) is 0 Å². The van der Waals surface area contributed by atoms with Gasteiger partial charge in [-0.25, -0.2) is 9.97 Å². The number of fused-ring (bicyclic) bond motifs is 1. The normalized spacial score (nSPS) is 11.5. The van der Waals surface area contributed by atoms with Gasteiger partial charge in [-0.2, -0.15) is 13.2 Å². The number of carbonyl (C=O) groups excluding carboxylic acids is 1. The molecule has 0 bridgehead atoms. The average Bonchev–Trinajstić information content (AvgIpc) is 2.76. The zero-order valence-corrected chi connectivity index (χ0v) is 16.8. The summed E-state index contributed by atoms with van der Waals surface area (Å²) in [6.07, 6.45) is -3.22. The molecule has 0 aliphatic carbocycles. The second kappa shape index (κ2) is 8.26. The van der Waals surface area contributed by atoms with Crippen LogP contribution < -0.4 is 10.9 Å². The van der Waals surface area contributed by atoms with Crippen LogP contribution in [0.3, 0.4) is 0 Å². The van der Waals surface area contributed by atoms with Gasteiger partial charge >= 0.3 is 6.18 Å². The van der Waals surface area contributed by atoms with Crippen LogP contribution in [0.5, 0.6) is 0 Å². The summed E-state index contributed by atoms with van der Waals surface area (Å²) < 4.78 is 41.8.